The number of nitriles is 1. The molecule has 2 aromatic carbocycles. The minimum absolute atomic E-state index is 0.224. The molecule has 4 rings (SSSR count). The molecule has 1 aromatic heterocycles. The maximum Gasteiger partial charge on any atom is 0.276 e. The summed E-state index contributed by atoms with van der Waals surface area (Å²) in [4.78, 5) is 17.7. The van der Waals surface area contributed by atoms with Gasteiger partial charge in [0.1, 0.15) is 11.5 Å². The summed E-state index contributed by atoms with van der Waals surface area (Å²) < 4.78 is 2.20. The molecule has 1 aliphatic rings. The van der Waals surface area contributed by atoms with Gasteiger partial charge >= 0.3 is 0 Å². The van der Waals surface area contributed by atoms with Crippen molar-refractivity contribution in [1.82, 2.24) is 9.55 Å². The molecule has 1 N–H and O–H groups in total. The predicted molar refractivity (Wildman–Crippen MR) is 104 cm³/mol. The van der Waals surface area contributed by atoms with Crippen LogP contribution in [0.4, 0.5) is 5.69 Å². The summed E-state index contributed by atoms with van der Waals surface area (Å²) in [5.41, 5.74) is 3.63. The van der Waals surface area contributed by atoms with Crippen molar-refractivity contribution in [2.24, 2.45) is 0 Å². The fourth-order valence-electron chi connectivity index (χ4n) is 3.57. The fraction of sp³-hybridized carbons (Fsp3) is 0.227. The fourth-order valence-corrected chi connectivity index (χ4v) is 3.57. The standard InChI is InChI=1S/C22H20N4O/c23-15-16-8-7-11-18(14-16)24-22(27)20-19-12-5-2-6-13-26(19)21(25-20)17-9-3-1-4-10-17/h1,3-4,7-11,14H,2,5-6,12-13H2,(H,24,27). The first kappa shape index (κ1) is 17.0. The minimum Gasteiger partial charge on any atom is -0.327 e. The van der Waals surface area contributed by atoms with E-state index >= 15 is 0 Å². The van der Waals surface area contributed by atoms with Crippen LogP contribution in [0.1, 0.15) is 41.0 Å². The van der Waals surface area contributed by atoms with Gasteiger partial charge in [0.2, 0.25) is 0 Å². The summed E-state index contributed by atoms with van der Waals surface area (Å²) in [5, 5.41) is 12.0. The second-order valence-corrected chi connectivity index (χ2v) is 6.71. The summed E-state index contributed by atoms with van der Waals surface area (Å²) in [6, 6.07) is 19.0. The number of nitrogens with zero attached hydrogens (tertiary/aromatic N) is 3. The number of aromatic nitrogens is 2. The van der Waals surface area contributed by atoms with E-state index in [9.17, 15) is 4.79 Å². The second kappa shape index (κ2) is 7.46. The average Bonchev–Trinajstić information content (AvgIpc) is 2.90. The summed E-state index contributed by atoms with van der Waals surface area (Å²) in [6.07, 6.45) is 4.15. The van der Waals surface area contributed by atoms with E-state index in [1.54, 1.807) is 24.3 Å². The largest absolute Gasteiger partial charge is 0.327 e. The SMILES string of the molecule is N#Cc1cccc(NC(=O)c2nc(-c3ccccc3)n3c2CCCCC3)c1. The number of imidazole rings is 1. The summed E-state index contributed by atoms with van der Waals surface area (Å²) in [7, 11) is 0. The first-order valence-corrected chi connectivity index (χ1v) is 9.22. The van der Waals surface area contributed by atoms with E-state index in [4.69, 9.17) is 10.2 Å². The lowest BCUT2D eigenvalue weighted by Crippen LogP contribution is -2.15. The van der Waals surface area contributed by atoms with Crippen LogP contribution in [0.5, 0.6) is 0 Å². The van der Waals surface area contributed by atoms with Crippen molar-refractivity contribution >= 4 is 11.6 Å². The Labute approximate surface area is 158 Å². The van der Waals surface area contributed by atoms with Crippen molar-refractivity contribution in [2.75, 3.05) is 5.32 Å². The molecule has 0 spiro atoms. The van der Waals surface area contributed by atoms with Gasteiger partial charge < -0.3 is 9.88 Å². The molecular weight excluding hydrogens is 336 g/mol. The molecule has 0 aliphatic carbocycles. The molecule has 0 saturated heterocycles. The number of benzene rings is 2. The number of carbonyl (C=O) groups is 1. The van der Waals surface area contributed by atoms with Gasteiger partial charge in [-0.25, -0.2) is 4.98 Å². The molecule has 1 aliphatic heterocycles. The maximum absolute atomic E-state index is 13.0. The highest BCUT2D eigenvalue weighted by atomic mass is 16.1. The van der Waals surface area contributed by atoms with Crippen LogP contribution in [-0.2, 0) is 13.0 Å². The number of anilines is 1. The summed E-state index contributed by atoms with van der Waals surface area (Å²) >= 11 is 0. The lowest BCUT2D eigenvalue weighted by Gasteiger charge is -2.09. The van der Waals surface area contributed by atoms with Gasteiger partial charge in [0, 0.05) is 17.8 Å². The topological polar surface area (TPSA) is 70.7 Å². The van der Waals surface area contributed by atoms with Gasteiger partial charge in [-0.15, -0.1) is 0 Å². The van der Waals surface area contributed by atoms with E-state index in [1.807, 2.05) is 30.3 Å². The third-order valence-electron chi connectivity index (χ3n) is 4.86. The highest BCUT2D eigenvalue weighted by Crippen LogP contribution is 2.27. The normalized spacial score (nSPS) is 13.3. The summed E-state index contributed by atoms with van der Waals surface area (Å²) in [5.74, 6) is 0.626. The smallest absolute Gasteiger partial charge is 0.276 e. The molecule has 0 saturated carbocycles. The molecule has 27 heavy (non-hydrogen) atoms. The Morgan fingerprint density at radius 2 is 1.93 bits per heavy atom. The van der Waals surface area contributed by atoms with Gasteiger partial charge in [0.25, 0.3) is 5.91 Å². The van der Waals surface area contributed by atoms with E-state index in [1.165, 1.54) is 0 Å². The van der Waals surface area contributed by atoms with Gasteiger partial charge in [-0.05, 0) is 37.5 Å². The maximum atomic E-state index is 13.0. The molecule has 0 atom stereocenters. The Kier molecular flexibility index (Phi) is 4.71. The quantitative estimate of drug-likeness (QED) is 0.756. The van der Waals surface area contributed by atoms with E-state index < -0.39 is 0 Å². The molecule has 1 amide bonds. The zero-order chi connectivity index (χ0) is 18.6. The first-order valence-electron chi connectivity index (χ1n) is 9.22. The van der Waals surface area contributed by atoms with Crippen LogP contribution < -0.4 is 5.32 Å². The van der Waals surface area contributed by atoms with Crippen molar-refractivity contribution in [3.63, 3.8) is 0 Å². The van der Waals surface area contributed by atoms with Gasteiger partial charge in [-0.3, -0.25) is 4.79 Å². The minimum atomic E-state index is -0.224. The van der Waals surface area contributed by atoms with Crippen LogP contribution in [-0.4, -0.2) is 15.5 Å². The van der Waals surface area contributed by atoms with E-state index in [0.717, 1.165) is 49.3 Å². The highest BCUT2D eigenvalue weighted by Gasteiger charge is 2.24. The van der Waals surface area contributed by atoms with Gasteiger partial charge in [-0.1, -0.05) is 42.8 Å². The zero-order valence-corrected chi connectivity index (χ0v) is 15.0. The molecular formula is C22H20N4O. The lowest BCUT2D eigenvalue weighted by molar-refractivity contribution is 0.102. The molecule has 5 heteroatoms. The molecule has 3 aromatic rings. The summed E-state index contributed by atoms with van der Waals surface area (Å²) in [6.45, 7) is 0.879. The first-order chi connectivity index (χ1) is 13.3. The van der Waals surface area contributed by atoms with E-state index in [2.05, 4.69) is 16.0 Å². The van der Waals surface area contributed by atoms with Crippen LogP contribution in [0.25, 0.3) is 11.4 Å². The van der Waals surface area contributed by atoms with Gasteiger partial charge in [0.15, 0.2) is 0 Å². The zero-order valence-electron chi connectivity index (χ0n) is 15.0. The molecule has 5 nitrogen and oxygen atoms in total. The van der Waals surface area contributed by atoms with Crippen molar-refractivity contribution in [2.45, 2.75) is 32.2 Å². The number of rotatable bonds is 3. The molecule has 0 bridgehead atoms. The Morgan fingerprint density at radius 3 is 2.74 bits per heavy atom. The number of amides is 1. The highest BCUT2D eigenvalue weighted by molar-refractivity contribution is 6.04. The number of hydrogen-bond donors (Lipinski definition) is 1. The third kappa shape index (κ3) is 3.47. The Bertz CT molecular complexity index is 1010. The lowest BCUT2D eigenvalue weighted by atomic mass is 10.1. The van der Waals surface area contributed by atoms with Gasteiger partial charge in [0.05, 0.1) is 17.3 Å². The third-order valence-corrected chi connectivity index (χ3v) is 4.86. The monoisotopic (exact) mass is 356 g/mol. The van der Waals surface area contributed by atoms with Crippen molar-refractivity contribution in [3.8, 4) is 17.5 Å². The van der Waals surface area contributed by atoms with E-state index in [-0.39, 0.29) is 5.91 Å². The second-order valence-electron chi connectivity index (χ2n) is 6.71. The van der Waals surface area contributed by atoms with Crippen LogP contribution in [0.2, 0.25) is 0 Å². The van der Waals surface area contributed by atoms with Crippen LogP contribution >= 0.6 is 0 Å². The number of fused-ring (bicyclic) bond motifs is 1. The average molecular weight is 356 g/mol. The van der Waals surface area contributed by atoms with Crippen LogP contribution in [0.3, 0.4) is 0 Å². The Hall–Kier alpha value is -3.39. The Balaban J connectivity index is 1.72. The van der Waals surface area contributed by atoms with Crippen LogP contribution in [0, 0.1) is 11.3 Å². The molecule has 2 heterocycles. The molecule has 0 radical (unpaired) electrons. The van der Waals surface area contributed by atoms with Crippen LogP contribution in [0.15, 0.2) is 54.6 Å². The number of carbonyl (C=O) groups excluding carboxylic acids is 1. The number of nitrogens with one attached hydrogen (secondary N) is 1. The predicted octanol–water partition coefficient (Wildman–Crippen LogP) is 4.40. The van der Waals surface area contributed by atoms with Crippen molar-refractivity contribution in [1.29, 1.82) is 5.26 Å². The number of hydrogen-bond acceptors (Lipinski definition) is 3. The molecule has 0 fully saturated rings. The van der Waals surface area contributed by atoms with E-state index in [0.29, 0.717) is 16.9 Å². The Morgan fingerprint density at radius 1 is 1.07 bits per heavy atom. The van der Waals surface area contributed by atoms with Crippen molar-refractivity contribution in [3.05, 3.63) is 71.5 Å². The van der Waals surface area contributed by atoms with Gasteiger partial charge in [-0.2, -0.15) is 5.26 Å². The molecule has 134 valence electrons. The van der Waals surface area contributed by atoms with Crippen molar-refractivity contribution < 1.29 is 4.79 Å². The molecule has 0 unspecified atom stereocenters.